The van der Waals surface area contributed by atoms with Crippen LogP contribution in [0.2, 0.25) is 0 Å². The van der Waals surface area contributed by atoms with Gasteiger partial charge < -0.3 is 4.42 Å². The minimum atomic E-state index is -0.443. The van der Waals surface area contributed by atoms with Crippen LogP contribution in [0.15, 0.2) is 150 Å². The van der Waals surface area contributed by atoms with Crippen molar-refractivity contribution in [3.63, 3.8) is 0 Å². The lowest BCUT2D eigenvalue weighted by atomic mass is 9.85. The number of hydrogen-bond acceptors (Lipinski definition) is 1. The maximum atomic E-state index is 9.01. The molecule has 8 aromatic rings. The predicted molar refractivity (Wildman–Crippen MR) is 165 cm³/mol. The Kier molecular flexibility index (Phi) is 3.57. The molecule has 0 spiro atoms. The summed E-state index contributed by atoms with van der Waals surface area (Å²) in [5.41, 5.74) is 4.90. The van der Waals surface area contributed by atoms with Gasteiger partial charge in [-0.25, -0.2) is 0 Å². The maximum absolute atomic E-state index is 9.01. The van der Waals surface area contributed by atoms with Crippen molar-refractivity contribution in [1.82, 2.24) is 0 Å². The van der Waals surface area contributed by atoms with Gasteiger partial charge in [-0.15, -0.1) is 0 Å². The molecule has 0 unspecified atom stereocenters. The van der Waals surface area contributed by atoms with Crippen LogP contribution >= 0.6 is 0 Å². The number of hydrogen-bond donors (Lipinski definition) is 0. The van der Waals surface area contributed by atoms with Gasteiger partial charge in [0.05, 0.1) is 9.60 Å². The van der Waals surface area contributed by atoms with Crippen LogP contribution in [0.4, 0.5) is 0 Å². The molecule has 0 saturated carbocycles. The summed E-state index contributed by atoms with van der Waals surface area (Å²) in [7, 11) is 0. The summed E-state index contributed by atoms with van der Waals surface area (Å²) in [5, 5.41) is 4.64. The van der Waals surface area contributed by atoms with Crippen molar-refractivity contribution in [2.75, 3.05) is 0 Å². The average Bonchev–Trinajstić information content (AvgIpc) is 3.49. The molecule has 8 rings (SSSR count). The van der Waals surface area contributed by atoms with Crippen LogP contribution in [0, 0.1) is 0 Å². The Hall–Kier alpha value is -5.14. The smallest absolute Gasteiger partial charge is 0.136 e. The van der Waals surface area contributed by atoms with E-state index in [0.29, 0.717) is 5.56 Å². The second kappa shape index (κ2) is 8.72. The standard InChI is InChI=1S/C38H24O/c1-2-12-25(13-3-1)36-29-16-4-6-18-31(29)37(32-19-7-5-17-30(32)36)27-15-10-14-26(24-27)28-21-11-23-35-38(28)33-20-8-9-22-34(33)39-35/h1-24H/i8D,9D,11D,20D,21D,22D,23D. The van der Waals surface area contributed by atoms with Gasteiger partial charge in [-0.2, -0.15) is 0 Å². The monoisotopic (exact) mass is 503 g/mol. The SMILES string of the molecule is [2H]c1c([2H])c([2H])c2c(oc3c([2H])c([2H])c([2H])c(-c4cccc(-c5c6ccccc6c(-c6ccccc6)c6ccccc56)c4)c32)c1[2H]. The summed E-state index contributed by atoms with van der Waals surface area (Å²) in [4.78, 5) is 0. The Bertz CT molecular complexity index is 2500. The second-order valence-electron chi connectivity index (χ2n) is 9.55. The van der Waals surface area contributed by atoms with Crippen molar-refractivity contribution in [2.45, 2.75) is 0 Å². The molecule has 0 amide bonds. The Morgan fingerprint density at radius 3 is 1.72 bits per heavy atom. The highest BCUT2D eigenvalue weighted by Gasteiger charge is 2.17. The van der Waals surface area contributed by atoms with Crippen LogP contribution in [0.3, 0.4) is 0 Å². The first-order valence-electron chi connectivity index (χ1n) is 16.3. The normalized spacial score (nSPS) is 14.1. The molecule has 0 fully saturated rings. The minimum Gasteiger partial charge on any atom is -0.456 e. The van der Waals surface area contributed by atoms with Crippen molar-refractivity contribution in [3.05, 3.63) is 145 Å². The minimum absolute atomic E-state index is 0.0356. The number of para-hydroxylation sites is 1. The Labute approximate surface area is 236 Å². The molecule has 1 heterocycles. The van der Waals surface area contributed by atoms with E-state index in [4.69, 9.17) is 14.0 Å². The number of fused-ring (bicyclic) bond motifs is 5. The van der Waals surface area contributed by atoms with Crippen LogP contribution in [-0.2, 0) is 0 Å². The molecule has 0 atom stereocenters. The summed E-state index contributed by atoms with van der Waals surface area (Å²) >= 11 is 0. The van der Waals surface area contributed by atoms with E-state index in [1.54, 1.807) is 0 Å². The molecular weight excluding hydrogens is 472 g/mol. The van der Waals surface area contributed by atoms with Crippen molar-refractivity contribution in [3.8, 4) is 33.4 Å². The Balaban J connectivity index is 1.48. The quantitative estimate of drug-likeness (QED) is 0.219. The van der Waals surface area contributed by atoms with E-state index in [9.17, 15) is 0 Å². The van der Waals surface area contributed by atoms with E-state index in [0.717, 1.165) is 43.8 Å². The summed E-state index contributed by atoms with van der Waals surface area (Å²) in [6, 6.07) is 32.2. The highest BCUT2D eigenvalue weighted by molar-refractivity contribution is 6.21. The van der Waals surface area contributed by atoms with Crippen LogP contribution < -0.4 is 0 Å². The zero-order valence-corrected chi connectivity index (χ0v) is 20.7. The van der Waals surface area contributed by atoms with Crippen LogP contribution in [0.5, 0.6) is 0 Å². The van der Waals surface area contributed by atoms with E-state index in [1.165, 1.54) is 0 Å². The Morgan fingerprint density at radius 2 is 1.00 bits per heavy atom. The summed E-state index contributed by atoms with van der Waals surface area (Å²) in [6.07, 6.45) is 0. The van der Waals surface area contributed by atoms with Gasteiger partial charge in [0.25, 0.3) is 0 Å². The maximum Gasteiger partial charge on any atom is 0.136 e. The molecule has 1 nitrogen and oxygen atoms in total. The summed E-state index contributed by atoms with van der Waals surface area (Å²) < 4.78 is 65.8. The third-order valence-electron chi connectivity index (χ3n) is 7.38. The van der Waals surface area contributed by atoms with E-state index < -0.39 is 12.1 Å². The average molecular weight is 504 g/mol. The molecule has 7 aromatic carbocycles. The molecular formula is C38H24O. The highest BCUT2D eigenvalue weighted by Crippen LogP contribution is 2.44. The van der Waals surface area contributed by atoms with Crippen LogP contribution in [-0.4, -0.2) is 0 Å². The third-order valence-corrected chi connectivity index (χ3v) is 7.38. The van der Waals surface area contributed by atoms with Gasteiger partial charge in [-0.05, 0) is 73.1 Å². The summed E-state index contributed by atoms with van der Waals surface area (Å²) in [5.74, 6) is 0. The van der Waals surface area contributed by atoms with E-state index in [1.807, 2.05) is 66.7 Å². The van der Waals surface area contributed by atoms with Crippen LogP contribution in [0.25, 0.3) is 76.9 Å². The number of rotatable bonds is 3. The first-order chi connectivity index (χ1) is 22.3. The number of benzene rings is 7. The third kappa shape index (κ3) is 3.41. The summed E-state index contributed by atoms with van der Waals surface area (Å²) in [6.45, 7) is 0. The fourth-order valence-corrected chi connectivity index (χ4v) is 5.76. The van der Waals surface area contributed by atoms with E-state index in [-0.39, 0.29) is 57.7 Å². The van der Waals surface area contributed by atoms with Crippen molar-refractivity contribution >= 4 is 43.5 Å². The molecule has 0 saturated heterocycles. The molecule has 0 N–H and O–H groups in total. The predicted octanol–water partition coefficient (Wildman–Crippen LogP) is 10.9. The fourth-order valence-electron chi connectivity index (χ4n) is 5.76. The van der Waals surface area contributed by atoms with Gasteiger partial charge in [-0.1, -0.05) is 127 Å². The molecule has 182 valence electrons. The second-order valence-corrected chi connectivity index (χ2v) is 9.55. The van der Waals surface area contributed by atoms with Crippen molar-refractivity contribution in [1.29, 1.82) is 0 Å². The lowest BCUT2D eigenvalue weighted by Gasteiger charge is -2.18. The fraction of sp³-hybridized carbons (Fsp3) is 0. The van der Waals surface area contributed by atoms with Gasteiger partial charge in [0.1, 0.15) is 11.2 Å². The Morgan fingerprint density at radius 1 is 0.436 bits per heavy atom. The number of furan rings is 1. The molecule has 39 heavy (non-hydrogen) atoms. The molecule has 0 aliphatic rings. The molecule has 1 aromatic heterocycles. The lowest BCUT2D eigenvalue weighted by molar-refractivity contribution is 0.669. The zero-order chi connectivity index (χ0) is 31.9. The first kappa shape index (κ1) is 16.0. The molecule has 0 radical (unpaired) electrons. The van der Waals surface area contributed by atoms with Crippen molar-refractivity contribution in [2.24, 2.45) is 0 Å². The van der Waals surface area contributed by atoms with E-state index in [2.05, 4.69) is 36.4 Å². The van der Waals surface area contributed by atoms with Gasteiger partial charge in [-0.3, -0.25) is 0 Å². The molecule has 0 bridgehead atoms. The molecule has 0 aliphatic carbocycles. The highest BCUT2D eigenvalue weighted by atomic mass is 16.3. The topological polar surface area (TPSA) is 13.1 Å². The van der Waals surface area contributed by atoms with E-state index >= 15 is 0 Å². The van der Waals surface area contributed by atoms with Gasteiger partial charge in [0.2, 0.25) is 0 Å². The lowest BCUT2D eigenvalue weighted by Crippen LogP contribution is -1.91. The first-order valence-corrected chi connectivity index (χ1v) is 12.8. The van der Waals surface area contributed by atoms with Gasteiger partial charge >= 0.3 is 0 Å². The molecule has 0 aliphatic heterocycles. The largest absolute Gasteiger partial charge is 0.456 e. The van der Waals surface area contributed by atoms with Crippen molar-refractivity contribution < 1.29 is 14.0 Å². The van der Waals surface area contributed by atoms with Gasteiger partial charge in [0, 0.05) is 10.8 Å². The van der Waals surface area contributed by atoms with Crippen LogP contribution in [0.1, 0.15) is 9.60 Å². The molecule has 1 heteroatoms. The zero-order valence-electron chi connectivity index (χ0n) is 27.7. The van der Waals surface area contributed by atoms with Gasteiger partial charge in [0.15, 0.2) is 0 Å².